The van der Waals surface area contributed by atoms with Gasteiger partial charge < -0.3 is 13.9 Å². The Labute approximate surface area is 148 Å². The summed E-state index contributed by atoms with van der Waals surface area (Å²) in [6.45, 7) is 3.90. The number of ether oxygens (including phenoxy) is 2. The number of rotatable bonds is 9. The number of hydrogen-bond acceptors (Lipinski definition) is 4. The van der Waals surface area contributed by atoms with Crippen LogP contribution in [0.1, 0.15) is 5.69 Å². The molecule has 1 aromatic carbocycles. The number of benzene rings is 1. The molecule has 0 aliphatic heterocycles. The zero-order valence-electron chi connectivity index (χ0n) is 14.9. The van der Waals surface area contributed by atoms with Gasteiger partial charge in [-0.2, -0.15) is 0 Å². The largest absolute Gasteiger partial charge is 0.383 e. The SMILES string of the molecule is COCCN(CCOC)Cc1c(-c2ccccc2)nc2ccccn12. The molecule has 2 aromatic heterocycles. The molecule has 3 rings (SSSR count). The molecule has 0 atom stereocenters. The van der Waals surface area contributed by atoms with Crippen LogP contribution in [0.4, 0.5) is 0 Å². The maximum atomic E-state index is 5.27. The molecule has 3 aromatic rings. The van der Waals surface area contributed by atoms with Crippen LogP contribution >= 0.6 is 0 Å². The van der Waals surface area contributed by atoms with E-state index >= 15 is 0 Å². The predicted molar refractivity (Wildman–Crippen MR) is 99.7 cm³/mol. The summed E-state index contributed by atoms with van der Waals surface area (Å²) in [6, 6.07) is 16.5. The molecule has 0 N–H and O–H groups in total. The molecule has 0 saturated heterocycles. The Morgan fingerprint density at radius 3 is 2.28 bits per heavy atom. The highest BCUT2D eigenvalue weighted by Gasteiger charge is 2.16. The molecule has 0 saturated carbocycles. The van der Waals surface area contributed by atoms with Crippen LogP contribution in [-0.4, -0.2) is 54.8 Å². The van der Waals surface area contributed by atoms with E-state index in [1.165, 1.54) is 5.69 Å². The van der Waals surface area contributed by atoms with Crippen molar-refractivity contribution < 1.29 is 9.47 Å². The van der Waals surface area contributed by atoms with Crippen LogP contribution in [0.15, 0.2) is 54.7 Å². The van der Waals surface area contributed by atoms with Gasteiger partial charge in [-0.25, -0.2) is 4.98 Å². The molecule has 2 heterocycles. The minimum Gasteiger partial charge on any atom is -0.383 e. The molecular weight excluding hydrogens is 314 g/mol. The molecule has 0 spiro atoms. The highest BCUT2D eigenvalue weighted by molar-refractivity contribution is 5.66. The zero-order valence-corrected chi connectivity index (χ0v) is 14.9. The van der Waals surface area contributed by atoms with Crippen molar-refractivity contribution in [3.05, 3.63) is 60.4 Å². The van der Waals surface area contributed by atoms with Gasteiger partial charge in [0.15, 0.2) is 0 Å². The Hall–Kier alpha value is -2.21. The number of hydrogen-bond donors (Lipinski definition) is 0. The van der Waals surface area contributed by atoms with Crippen molar-refractivity contribution in [3.63, 3.8) is 0 Å². The first-order chi connectivity index (χ1) is 12.3. The summed E-state index contributed by atoms with van der Waals surface area (Å²) in [6.07, 6.45) is 2.08. The molecule has 0 fully saturated rings. The van der Waals surface area contributed by atoms with E-state index in [2.05, 4.69) is 39.8 Å². The topological polar surface area (TPSA) is 39.0 Å². The van der Waals surface area contributed by atoms with Gasteiger partial charge in [-0.3, -0.25) is 4.90 Å². The minimum atomic E-state index is 0.696. The molecule has 0 amide bonds. The smallest absolute Gasteiger partial charge is 0.137 e. The Bertz CT molecular complexity index is 778. The van der Waals surface area contributed by atoms with Crippen LogP contribution < -0.4 is 0 Å². The fourth-order valence-electron chi connectivity index (χ4n) is 2.95. The summed E-state index contributed by atoms with van der Waals surface area (Å²) in [5.74, 6) is 0. The monoisotopic (exact) mass is 339 g/mol. The Balaban J connectivity index is 1.97. The van der Waals surface area contributed by atoms with Crippen molar-refractivity contribution in [1.82, 2.24) is 14.3 Å². The van der Waals surface area contributed by atoms with Gasteiger partial charge in [0.05, 0.1) is 24.6 Å². The van der Waals surface area contributed by atoms with E-state index in [1.54, 1.807) is 14.2 Å². The van der Waals surface area contributed by atoms with Gasteiger partial charge >= 0.3 is 0 Å². The molecular formula is C20H25N3O2. The van der Waals surface area contributed by atoms with Crippen molar-refractivity contribution in [2.75, 3.05) is 40.5 Å². The number of methoxy groups -OCH3 is 2. The Kier molecular flexibility index (Phi) is 6.17. The minimum absolute atomic E-state index is 0.696. The standard InChI is InChI=1S/C20H25N3O2/c1-24-14-12-22(13-15-25-2)16-18-20(17-8-4-3-5-9-17)21-19-10-6-7-11-23(18)19/h3-11H,12-16H2,1-2H3. The lowest BCUT2D eigenvalue weighted by Gasteiger charge is -2.22. The molecule has 0 unspecified atom stereocenters. The van der Waals surface area contributed by atoms with Crippen LogP contribution in [0.25, 0.3) is 16.9 Å². The van der Waals surface area contributed by atoms with Crippen molar-refractivity contribution in [1.29, 1.82) is 0 Å². The summed E-state index contributed by atoms with van der Waals surface area (Å²) in [5, 5.41) is 0. The summed E-state index contributed by atoms with van der Waals surface area (Å²) in [7, 11) is 3.47. The first-order valence-corrected chi connectivity index (χ1v) is 8.55. The highest BCUT2D eigenvalue weighted by atomic mass is 16.5. The van der Waals surface area contributed by atoms with E-state index in [4.69, 9.17) is 14.5 Å². The number of pyridine rings is 1. The van der Waals surface area contributed by atoms with Crippen molar-refractivity contribution >= 4 is 5.65 Å². The van der Waals surface area contributed by atoms with Gasteiger partial charge in [-0.05, 0) is 12.1 Å². The predicted octanol–water partition coefficient (Wildman–Crippen LogP) is 3.10. The van der Waals surface area contributed by atoms with Gasteiger partial charge in [0.25, 0.3) is 0 Å². The first-order valence-electron chi connectivity index (χ1n) is 8.55. The molecule has 0 radical (unpaired) electrons. The lowest BCUT2D eigenvalue weighted by molar-refractivity contribution is 0.109. The van der Waals surface area contributed by atoms with Crippen molar-refractivity contribution in [2.24, 2.45) is 0 Å². The second-order valence-corrected chi connectivity index (χ2v) is 5.96. The summed E-state index contributed by atoms with van der Waals surface area (Å²) in [5.41, 5.74) is 4.33. The Morgan fingerprint density at radius 2 is 1.60 bits per heavy atom. The van der Waals surface area contributed by atoms with Crippen LogP contribution in [0, 0.1) is 0 Å². The quantitative estimate of drug-likeness (QED) is 0.600. The van der Waals surface area contributed by atoms with Crippen LogP contribution in [0.5, 0.6) is 0 Å². The van der Waals surface area contributed by atoms with Gasteiger partial charge in [0.2, 0.25) is 0 Å². The molecule has 0 bridgehead atoms. The average Bonchev–Trinajstić information content (AvgIpc) is 3.03. The normalized spacial score (nSPS) is 11.5. The molecule has 5 heteroatoms. The summed E-state index contributed by atoms with van der Waals surface area (Å²) in [4.78, 5) is 7.21. The summed E-state index contributed by atoms with van der Waals surface area (Å²) < 4.78 is 12.7. The van der Waals surface area contributed by atoms with E-state index in [0.717, 1.165) is 36.5 Å². The zero-order chi connectivity index (χ0) is 17.5. The number of fused-ring (bicyclic) bond motifs is 1. The van der Waals surface area contributed by atoms with Crippen LogP contribution in [0.2, 0.25) is 0 Å². The average molecular weight is 339 g/mol. The van der Waals surface area contributed by atoms with Gasteiger partial charge in [0, 0.05) is 45.6 Å². The van der Waals surface area contributed by atoms with Gasteiger partial charge in [0.1, 0.15) is 5.65 Å². The lowest BCUT2D eigenvalue weighted by Crippen LogP contribution is -2.31. The van der Waals surface area contributed by atoms with Crippen LogP contribution in [0.3, 0.4) is 0 Å². The lowest BCUT2D eigenvalue weighted by atomic mass is 10.1. The molecule has 0 aliphatic carbocycles. The van der Waals surface area contributed by atoms with E-state index in [1.807, 2.05) is 24.3 Å². The number of aromatic nitrogens is 2. The van der Waals surface area contributed by atoms with Crippen LogP contribution in [-0.2, 0) is 16.0 Å². The maximum Gasteiger partial charge on any atom is 0.137 e. The summed E-state index contributed by atoms with van der Waals surface area (Å²) >= 11 is 0. The third-order valence-corrected chi connectivity index (χ3v) is 4.27. The number of imidazole rings is 1. The van der Waals surface area contributed by atoms with E-state index < -0.39 is 0 Å². The second-order valence-electron chi connectivity index (χ2n) is 5.96. The second kappa shape index (κ2) is 8.76. The van der Waals surface area contributed by atoms with E-state index in [9.17, 15) is 0 Å². The van der Waals surface area contributed by atoms with E-state index in [-0.39, 0.29) is 0 Å². The van der Waals surface area contributed by atoms with Gasteiger partial charge in [-0.15, -0.1) is 0 Å². The third kappa shape index (κ3) is 4.25. The third-order valence-electron chi connectivity index (χ3n) is 4.27. The molecule has 132 valence electrons. The molecule has 25 heavy (non-hydrogen) atoms. The van der Waals surface area contributed by atoms with E-state index in [0.29, 0.717) is 13.2 Å². The molecule has 0 aliphatic rings. The fourth-order valence-corrected chi connectivity index (χ4v) is 2.95. The van der Waals surface area contributed by atoms with Gasteiger partial charge in [-0.1, -0.05) is 36.4 Å². The first kappa shape index (κ1) is 17.6. The van der Waals surface area contributed by atoms with Crippen molar-refractivity contribution in [2.45, 2.75) is 6.54 Å². The highest BCUT2D eigenvalue weighted by Crippen LogP contribution is 2.25. The number of nitrogens with zero attached hydrogens (tertiary/aromatic N) is 3. The Morgan fingerprint density at radius 1 is 0.920 bits per heavy atom. The van der Waals surface area contributed by atoms with Crippen molar-refractivity contribution in [3.8, 4) is 11.3 Å². The molecule has 5 nitrogen and oxygen atoms in total. The maximum absolute atomic E-state index is 5.27. The fraction of sp³-hybridized carbons (Fsp3) is 0.350.